The molecule has 0 saturated heterocycles. The SMILES string of the molecule is Cc1noc(CCCC(=O)Nc2nc3ccccc3n2C(C)(C)C)n1. The Morgan fingerprint density at radius 1 is 1.24 bits per heavy atom. The molecule has 3 aromatic rings. The summed E-state index contributed by atoms with van der Waals surface area (Å²) < 4.78 is 7.12. The molecular formula is C18H23N5O2. The predicted octanol–water partition coefficient (Wildman–Crippen LogP) is 3.44. The monoisotopic (exact) mass is 341 g/mol. The van der Waals surface area contributed by atoms with Gasteiger partial charge in [0.1, 0.15) is 0 Å². The lowest BCUT2D eigenvalue weighted by atomic mass is 10.1. The molecule has 0 spiro atoms. The molecule has 2 heterocycles. The van der Waals surface area contributed by atoms with Gasteiger partial charge in [0.25, 0.3) is 0 Å². The van der Waals surface area contributed by atoms with Gasteiger partial charge in [-0.1, -0.05) is 17.3 Å². The highest BCUT2D eigenvalue weighted by Crippen LogP contribution is 2.28. The number of carbonyl (C=O) groups excluding carboxylic acids is 1. The Morgan fingerprint density at radius 2 is 2.00 bits per heavy atom. The van der Waals surface area contributed by atoms with Crippen molar-refractivity contribution in [3.8, 4) is 0 Å². The van der Waals surface area contributed by atoms with Gasteiger partial charge in [0.2, 0.25) is 17.7 Å². The molecule has 0 aliphatic rings. The highest BCUT2D eigenvalue weighted by Gasteiger charge is 2.22. The molecule has 3 rings (SSSR count). The molecule has 0 radical (unpaired) electrons. The van der Waals surface area contributed by atoms with Gasteiger partial charge in [0.05, 0.1) is 11.0 Å². The quantitative estimate of drug-likeness (QED) is 0.768. The van der Waals surface area contributed by atoms with E-state index in [-0.39, 0.29) is 11.4 Å². The number of aryl methyl sites for hydroxylation is 2. The number of hydrogen-bond acceptors (Lipinski definition) is 5. The van der Waals surface area contributed by atoms with Crippen molar-refractivity contribution in [2.24, 2.45) is 0 Å². The zero-order valence-electron chi connectivity index (χ0n) is 15.0. The van der Waals surface area contributed by atoms with Gasteiger partial charge < -0.3 is 9.09 Å². The van der Waals surface area contributed by atoms with Gasteiger partial charge in [0.15, 0.2) is 5.82 Å². The van der Waals surface area contributed by atoms with Crippen LogP contribution >= 0.6 is 0 Å². The average molecular weight is 341 g/mol. The Hall–Kier alpha value is -2.70. The number of para-hydroxylation sites is 2. The van der Waals surface area contributed by atoms with Crippen LogP contribution in [-0.4, -0.2) is 25.6 Å². The van der Waals surface area contributed by atoms with Crippen LogP contribution in [0.25, 0.3) is 11.0 Å². The number of fused-ring (bicyclic) bond motifs is 1. The summed E-state index contributed by atoms with van der Waals surface area (Å²) in [6, 6.07) is 7.89. The number of carbonyl (C=O) groups is 1. The lowest BCUT2D eigenvalue weighted by Gasteiger charge is -2.24. The third-order valence-electron chi connectivity index (χ3n) is 3.85. The normalized spacial score (nSPS) is 11.8. The fourth-order valence-corrected chi connectivity index (χ4v) is 2.82. The minimum atomic E-state index is -0.194. The minimum Gasteiger partial charge on any atom is -0.339 e. The number of imidazole rings is 1. The number of amides is 1. The molecule has 0 aliphatic heterocycles. The molecule has 0 unspecified atom stereocenters. The Bertz CT molecular complexity index is 888. The molecule has 0 atom stereocenters. The van der Waals surface area contributed by atoms with Gasteiger partial charge in [-0.05, 0) is 46.2 Å². The first kappa shape index (κ1) is 17.1. The molecule has 0 bridgehead atoms. The molecule has 7 nitrogen and oxygen atoms in total. The van der Waals surface area contributed by atoms with E-state index in [1.807, 2.05) is 24.3 Å². The zero-order valence-corrected chi connectivity index (χ0v) is 15.0. The molecule has 2 aromatic heterocycles. The Kier molecular flexibility index (Phi) is 4.57. The fourth-order valence-electron chi connectivity index (χ4n) is 2.82. The van der Waals surface area contributed by atoms with Gasteiger partial charge in [-0.2, -0.15) is 4.98 Å². The van der Waals surface area contributed by atoms with Crippen molar-refractivity contribution in [3.63, 3.8) is 0 Å². The summed E-state index contributed by atoms with van der Waals surface area (Å²) in [6.45, 7) is 8.05. The zero-order chi connectivity index (χ0) is 18.0. The summed E-state index contributed by atoms with van der Waals surface area (Å²) >= 11 is 0. The van der Waals surface area contributed by atoms with Crippen LogP contribution < -0.4 is 5.32 Å². The van der Waals surface area contributed by atoms with Gasteiger partial charge in [-0.15, -0.1) is 0 Å². The van der Waals surface area contributed by atoms with Crippen LogP contribution in [0.1, 0.15) is 45.3 Å². The fraction of sp³-hybridized carbons (Fsp3) is 0.444. The standard InChI is InChI=1S/C18H23N5O2/c1-12-19-16(25-22-12)11-7-10-15(24)21-17-20-13-8-5-6-9-14(13)23(17)18(2,3)4/h5-6,8-9H,7,10-11H2,1-4H3,(H,20,21,24). The molecule has 1 N–H and O–H groups in total. The number of hydrogen-bond donors (Lipinski definition) is 1. The lowest BCUT2D eigenvalue weighted by Crippen LogP contribution is -2.25. The van der Waals surface area contributed by atoms with Crippen LogP contribution in [0.5, 0.6) is 0 Å². The summed E-state index contributed by atoms with van der Waals surface area (Å²) in [6.07, 6.45) is 1.60. The van der Waals surface area contributed by atoms with Crippen molar-refractivity contribution in [2.75, 3.05) is 5.32 Å². The smallest absolute Gasteiger partial charge is 0.226 e. The first-order chi connectivity index (χ1) is 11.8. The maximum atomic E-state index is 12.3. The average Bonchev–Trinajstić information content (AvgIpc) is 3.09. The van der Waals surface area contributed by atoms with E-state index < -0.39 is 0 Å². The van der Waals surface area contributed by atoms with Crippen LogP contribution in [0.15, 0.2) is 28.8 Å². The summed E-state index contributed by atoms with van der Waals surface area (Å²) in [5.41, 5.74) is 1.68. The van der Waals surface area contributed by atoms with Gasteiger partial charge in [0, 0.05) is 18.4 Å². The van der Waals surface area contributed by atoms with Gasteiger partial charge >= 0.3 is 0 Å². The van der Waals surface area contributed by atoms with Crippen LogP contribution in [0, 0.1) is 6.92 Å². The summed E-state index contributed by atoms with van der Waals surface area (Å²) in [7, 11) is 0. The number of rotatable bonds is 5. The highest BCUT2D eigenvalue weighted by atomic mass is 16.5. The van der Waals surface area contributed by atoms with Crippen molar-refractivity contribution in [1.82, 2.24) is 19.7 Å². The van der Waals surface area contributed by atoms with E-state index in [1.54, 1.807) is 6.92 Å². The minimum absolute atomic E-state index is 0.0722. The Balaban J connectivity index is 1.70. The van der Waals surface area contributed by atoms with Crippen molar-refractivity contribution >= 4 is 22.9 Å². The number of aromatic nitrogens is 4. The molecule has 0 saturated carbocycles. The highest BCUT2D eigenvalue weighted by molar-refractivity contribution is 5.91. The van der Waals surface area contributed by atoms with Crippen LogP contribution in [0.4, 0.5) is 5.95 Å². The number of anilines is 1. The summed E-state index contributed by atoms with van der Waals surface area (Å²) in [4.78, 5) is 21.1. The van der Waals surface area contributed by atoms with Crippen molar-refractivity contribution in [3.05, 3.63) is 36.0 Å². The second-order valence-electron chi connectivity index (χ2n) is 7.07. The van der Waals surface area contributed by atoms with E-state index in [9.17, 15) is 4.79 Å². The first-order valence-electron chi connectivity index (χ1n) is 8.41. The molecule has 1 aromatic carbocycles. The lowest BCUT2D eigenvalue weighted by molar-refractivity contribution is -0.116. The van der Waals surface area contributed by atoms with Crippen molar-refractivity contribution < 1.29 is 9.32 Å². The third-order valence-corrected chi connectivity index (χ3v) is 3.85. The number of nitrogens with one attached hydrogen (secondary N) is 1. The first-order valence-corrected chi connectivity index (χ1v) is 8.41. The maximum absolute atomic E-state index is 12.3. The maximum Gasteiger partial charge on any atom is 0.226 e. The largest absolute Gasteiger partial charge is 0.339 e. The number of benzene rings is 1. The predicted molar refractivity (Wildman–Crippen MR) is 95.3 cm³/mol. The Morgan fingerprint density at radius 3 is 2.68 bits per heavy atom. The molecule has 0 aliphatic carbocycles. The van der Waals surface area contributed by atoms with E-state index in [0.717, 1.165) is 11.0 Å². The second kappa shape index (κ2) is 6.66. The van der Waals surface area contributed by atoms with E-state index in [0.29, 0.717) is 36.9 Å². The summed E-state index contributed by atoms with van der Waals surface area (Å²) in [5, 5.41) is 6.69. The molecule has 0 fully saturated rings. The van der Waals surface area contributed by atoms with Crippen LogP contribution in [0.2, 0.25) is 0 Å². The van der Waals surface area contributed by atoms with Gasteiger partial charge in [-0.3, -0.25) is 10.1 Å². The van der Waals surface area contributed by atoms with Crippen LogP contribution in [-0.2, 0) is 16.8 Å². The molecule has 132 valence electrons. The van der Waals surface area contributed by atoms with Crippen molar-refractivity contribution in [2.45, 2.75) is 52.5 Å². The Labute approximate surface area is 146 Å². The van der Waals surface area contributed by atoms with E-state index >= 15 is 0 Å². The molecule has 25 heavy (non-hydrogen) atoms. The molecule has 1 amide bonds. The number of nitrogens with zero attached hydrogens (tertiary/aromatic N) is 4. The third kappa shape index (κ3) is 3.87. The van der Waals surface area contributed by atoms with Crippen LogP contribution in [0.3, 0.4) is 0 Å². The van der Waals surface area contributed by atoms with E-state index in [4.69, 9.17) is 4.52 Å². The van der Waals surface area contributed by atoms with E-state index in [1.165, 1.54) is 0 Å². The van der Waals surface area contributed by atoms with E-state index in [2.05, 4.69) is 45.8 Å². The molecular weight excluding hydrogens is 318 g/mol. The molecule has 7 heteroatoms. The summed E-state index contributed by atoms with van der Waals surface area (Å²) in [5.74, 6) is 1.68. The topological polar surface area (TPSA) is 85.8 Å². The van der Waals surface area contributed by atoms with Crippen molar-refractivity contribution in [1.29, 1.82) is 0 Å². The second-order valence-corrected chi connectivity index (χ2v) is 7.07. The van der Waals surface area contributed by atoms with Gasteiger partial charge in [-0.25, -0.2) is 4.98 Å².